The predicted octanol–water partition coefficient (Wildman–Crippen LogP) is 3.41. The highest BCUT2D eigenvalue weighted by atomic mass is 32.1. The number of benzene rings is 1. The second-order valence-corrected chi connectivity index (χ2v) is 10.1. The lowest BCUT2D eigenvalue weighted by Gasteiger charge is -2.37. The number of nitrogens with zero attached hydrogens (tertiary/aromatic N) is 7. The second kappa shape index (κ2) is 9.83. The summed E-state index contributed by atoms with van der Waals surface area (Å²) < 4.78 is 2.22. The van der Waals surface area contributed by atoms with E-state index in [1.807, 2.05) is 0 Å². The summed E-state index contributed by atoms with van der Waals surface area (Å²) in [4.78, 5) is 9.96. The van der Waals surface area contributed by atoms with Crippen LogP contribution in [-0.2, 0) is 6.54 Å². The first-order chi connectivity index (χ1) is 16.1. The largest absolute Gasteiger partial charge is 0.369 e. The lowest BCUT2D eigenvalue weighted by molar-refractivity contribution is 0.246. The van der Waals surface area contributed by atoms with E-state index >= 15 is 0 Å². The Morgan fingerprint density at radius 3 is 2.24 bits per heavy atom. The molecule has 2 aromatic heterocycles. The van der Waals surface area contributed by atoms with Gasteiger partial charge in [0.15, 0.2) is 0 Å². The summed E-state index contributed by atoms with van der Waals surface area (Å²) in [6.07, 6.45) is 2.13. The van der Waals surface area contributed by atoms with Crippen LogP contribution in [0.4, 0.5) is 10.8 Å². The molecule has 0 N–H and O–H groups in total. The van der Waals surface area contributed by atoms with Crippen molar-refractivity contribution < 1.29 is 0 Å². The minimum Gasteiger partial charge on any atom is -0.369 e. The Morgan fingerprint density at radius 1 is 0.788 bits per heavy atom. The quantitative estimate of drug-likeness (QED) is 0.556. The van der Waals surface area contributed by atoms with Crippen LogP contribution in [0, 0.1) is 13.8 Å². The Kier molecular flexibility index (Phi) is 6.66. The fraction of sp³-hybridized carbons (Fsp3) is 0.520. The molecule has 3 aromatic rings. The molecule has 2 aliphatic heterocycles. The van der Waals surface area contributed by atoms with E-state index in [1.165, 1.54) is 22.5 Å². The fourth-order valence-corrected chi connectivity index (χ4v) is 5.79. The van der Waals surface area contributed by atoms with E-state index in [0.29, 0.717) is 0 Å². The molecule has 0 aliphatic carbocycles. The van der Waals surface area contributed by atoms with Gasteiger partial charge < -0.3 is 14.7 Å². The number of aromatic nitrogens is 3. The zero-order chi connectivity index (χ0) is 22.8. The minimum absolute atomic E-state index is 0.942. The first-order valence-electron chi connectivity index (χ1n) is 12.1. The molecule has 1 aromatic carbocycles. The van der Waals surface area contributed by atoms with Crippen molar-refractivity contribution >= 4 is 22.2 Å². The Hall–Kier alpha value is -2.42. The Morgan fingerprint density at radius 2 is 1.48 bits per heavy atom. The van der Waals surface area contributed by atoms with Crippen LogP contribution in [0.25, 0.3) is 5.13 Å². The standard InChI is InChI=1S/C25H35N7S/c1-4-28-11-17-31(18-12-28)24-26-27-25(33-24)32-10-6-8-22(32)19-29-13-15-30(16-14-29)23-9-5-7-20(2)21(23)3/h5-10H,4,11-19H2,1-3H3. The van der Waals surface area contributed by atoms with Crippen molar-refractivity contribution in [2.45, 2.75) is 27.3 Å². The summed E-state index contributed by atoms with van der Waals surface area (Å²) in [5.41, 5.74) is 5.45. The van der Waals surface area contributed by atoms with Crippen LogP contribution in [0.3, 0.4) is 0 Å². The topological polar surface area (TPSA) is 43.7 Å². The molecular weight excluding hydrogens is 430 g/mol. The number of piperazine rings is 2. The van der Waals surface area contributed by atoms with Crippen LogP contribution in [0.1, 0.15) is 23.7 Å². The Balaban J connectivity index is 1.21. The molecule has 33 heavy (non-hydrogen) atoms. The van der Waals surface area contributed by atoms with Gasteiger partial charge in [-0.1, -0.05) is 30.4 Å². The van der Waals surface area contributed by atoms with Gasteiger partial charge >= 0.3 is 0 Å². The molecule has 0 spiro atoms. The number of likely N-dealkylation sites (N-methyl/N-ethyl adjacent to an activating group) is 1. The molecule has 4 heterocycles. The summed E-state index contributed by atoms with van der Waals surface area (Å²) in [5, 5.41) is 11.1. The minimum atomic E-state index is 0.942. The van der Waals surface area contributed by atoms with Gasteiger partial charge in [0.05, 0.1) is 0 Å². The Bertz CT molecular complexity index is 1060. The van der Waals surface area contributed by atoms with Crippen molar-refractivity contribution in [1.29, 1.82) is 0 Å². The maximum Gasteiger partial charge on any atom is 0.218 e. The van der Waals surface area contributed by atoms with Crippen LogP contribution in [-0.4, -0.2) is 83.5 Å². The molecule has 0 unspecified atom stereocenters. The SMILES string of the molecule is CCN1CCN(c2nnc(-n3cccc3CN3CCN(c4cccc(C)c4C)CC3)s2)CC1. The van der Waals surface area contributed by atoms with Crippen LogP contribution in [0.2, 0.25) is 0 Å². The van der Waals surface area contributed by atoms with Crippen molar-refractivity contribution in [1.82, 2.24) is 24.6 Å². The molecule has 0 amide bonds. The smallest absolute Gasteiger partial charge is 0.218 e. The van der Waals surface area contributed by atoms with E-state index in [1.54, 1.807) is 11.3 Å². The van der Waals surface area contributed by atoms with Gasteiger partial charge in [0, 0.05) is 76.5 Å². The third kappa shape index (κ3) is 4.78. The molecule has 0 saturated carbocycles. The van der Waals surface area contributed by atoms with Crippen molar-refractivity contribution in [3.63, 3.8) is 0 Å². The Labute approximate surface area is 201 Å². The monoisotopic (exact) mass is 465 g/mol. The molecule has 0 atom stereocenters. The molecule has 176 valence electrons. The summed E-state index contributed by atoms with van der Waals surface area (Å²) in [7, 11) is 0. The maximum absolute atomic E-state index is 4.55. The number of hydrogen-bond acceptors (Lipinski definition) is 7. The molecule has 2 fully saturated rings. The summed E-state index contributed by atoms with van der Waals surface area (Å²) in [6, 6.07) is 11.0. The number of aryl methyl sites for hydroxylation is 1. The van der Waals surface area contributed by atoms with E-state index in [-0.39, 0.29) is 0 Å². The molecule has 2 aliphatic rings. The summed E-state index contributed by atoms with van der Waals surface area (Å²) in [5.74, 6) is 0. The zero-order valence-corrected chi connectivity index (χ0v) is 20.9. The van der Waals surface area contributed by atoms with Gasteiger partial charge in [-0.05, 0) is 49.7 Å². The normalized spacial score (nSPS) is 18.3. The van der Waals surface area contributed by atoms with Crippen molar-refractivity contribution in [3.05, 3.63) is 53.3 Å². The van der Waals surface area contributed by atoms with E-state index in [9.17, 15) is 0 Å². The number of anilines is 2. The molecule has 5 rings (SSSR count). The average Bonchev–Trinajstić information content (AvgIpc) is 3.51. The molecule has 8 heteroatoms. The van der Waals surface area contributed by atoms with Gasteiger partial charge in [0.2, 0.25) is 10.3 Å². The fourth-order valence-electron chi connectivity index (χ4n) is 4.87. The van der Waals surface area contributed by atoms with E-state index in [2.05, 4.69) is 91.7 Å². The van der Waals surface area contributed by atoms with Gasteiger partial charge in [0.1, 0.15) is 0 Å². The average molecular weight is 466 g/mol. The molecule has 0 bridgehead atoms. The molecular formula is C25H35N7S. The predicted molar refractivity (Wildman–Crippen MR) is 137 cm³/mol. The highest BCUT2D eigenvalue weighted by Gasteiger charge is 2.22. The first kappa shape index (κ1) is 22.4. The number of rotatable bonds is 6. The number of hydrogen-bond donors (Lipinski definition) is 0. The second-order valence-electron chi connectivity index (χ2n) is 9.14. The van der Waals surface area contributed by atoms with Crippen LogP contribution in [0.15, 0.2) is 36.5 Å². The van der Waals surface area contributed by atoms with Gasteiger partial charge in [0.25, 0.3) is 0 Å². The first-order valence-corrected chi connectivity index (χ1v) is 12.9. The van der Waals surface area contributed by atoms with Gasteiger partial charge in [-0.3, -0.25) is 9.47 Å². The van der Waals surface area contributed by atoms with Crippen LogP contribution >= 0.6 is 11.3 Å². The lowest BCUT2D eigenvalue weighted by atomic mass is 10.1. The summed E-state index contributed by atoms with van der Waals surface area (Å²) >= 11 is 1.70. The van der Waals surface area contributed by atoms with Crippen molar-refractivity contribution in [3.8, 4) is 5.13 Å². The zero-order valence-electron chi connectivity index (χ0n) is 20.1. The molecule has 2 saturated heterocycles. The third-order valence-corrected chi connectivity index (χ3v) is 8.19. The van der Waals surface area contributed by atoms with Gasteiger partial charge in [-0.2, -0.15) is 0 Å². The van der Waals surface area contributed by atoms with E-state index in [4.69, 9.17) is 0 Å². The van der Waals surface area contributed by atoms with Gasteiger partial charge in [-0.15, -0.1) is 10.2 Å². The molecule has 7 nitrogen and oxygen atoms in total. The third-order valence-electron chi connectivity index (χ3n) is 7.21. The van der Waals surface area contributed by atoms with Crippen LogP contribution < -0.4 is 9.80 Å². The highest BCUT2D eigenvalue weighted by molar-refractivity contribution is 7.17. The maximum atomic E-state index is 4.55. The summed E-state index contributed by atoms with van der Waals surface area (Å²) in [6.45, 7) is 17.3. The van der Waals surface area contributed by atoms with E-state index < -0.39 is 0 Å². The van der Waals surface area contributed by atoms with Crippen molar-refractivity contribution in [2.24, 2.45) is 0 Å². The van der Waals surface area contributed by atoms with Crippen LogP contribution in [0.5, 0.6) is 0 Å². The lowest BCUT2D eigenvalue weighted by Crippen LogP contribution is -2.46. The van der Waals surface area contributed by atoms with Crippen molar-refractivity contribution in [2.75, 3.05) is 68.7 Å². The van der Waals surface area contributed by atoms with Gasteiger partial charge in [-0.25, -0.2) is 0 Å². The molecule has 0 radical (unpaired) electrons. The highest BCUT2D eigenvalue weighted by Crippen LogP contribution is 2.27. The van der Waals surface area contributed by atoms with E-state index in [0.717, 1.165) is 75.7 Å².